The van der Waals surface area contributed by atoms with E-state index < -0.39 is 0 Å². The highest BCUT2D eigenvalue weighted by atomic mass is 35.5. The van der Waals surface area contributed by atoms with E-state index in [1.54, 1.807) is 14.2 Å². The third kappa shape index (κ3) is 3.96. The molecule has 0 aromatic heterocycles. The van der Waals surface area contributed by atoms with Crippen molar-refractivity contribution in [3.05, 3.63) is 58.6 Å². The van der Waals surface area contributed by atoms with Gasteiger partial charge in [0, 0.05) is 19.0 Å². The van der Waals surface area contributed by atoms with Gasteiger partial charge < -0.3 is 14.4 Å². The summed E-state index contributed by atoms with van der Waals surface area (Å²) in [5.41, 5.74) is 2.18. The summed E-state index contributed by atoms with van der Waals surface area (Å²) in [6, 6.07) is 14.0. The lowest BCUT2D eigenvalue weighted by molar-refractivity contribution is -0.130. The van der Waals surface area contributed by atoms with Crippen molar-refractivity contribution >= 4 is 17.5 Å². The molecule has 2 aromatic carbocycles. The summed E-state index contributed by atoms with van der Waals surface area (Å²) in [7, 11) is 3.15. The Labute approximate surface area is 159 Å². The van der Waals surface area contributed by atoms with E-state index in [9.17, 15) is 4.79 Å². The quantitative estimate of drug-likeness (QED) is 0.736. The van der Waals surface area contributed by atoms with Gasteiger partial charge in [-0.25, -0.2) is 0 Å². The average molecular weight is 374 g/mol. The number of rotatable bonds is 7. The maximum Gasteiger partial charge on any atom is 0.226 e. The first-order chi connectivity index (χ1) is 12.6. The summed E-state index contributed by atoms with van der Waals surface area (Å²) in [5.74, 6) is 1.31. The minimum atomic E-state index is -0.0265. The molecule has 2 aromatic rings. The van der Waals surface area contributed by atoms with E-state index in [2.05, 4.69) is 12.1 Å². The van der Waals surface area contributed by atoms with Crippen molar-refractivity contribution in [2.24, 2.45) is 5.92 Å². The Morgan fingerprint density at radius 3 is 2.58 bits per heavy atom. The molecule has 138 valence electrons. The van der Waals surface area contributed by atoms with Gasteiger partial charge >= 0.3 is 0 Å². The predicted molar refractivity (Wildman–Crippen MR) is 103 cm³/mol. The van der Waals surface area contributed by atoms with E-state index in [0.717, 1.165) is 31.5 Å². The fourth-order valence-corrected chi connectivity index (χ4v) is 3.79. The molecule has 0 spiro atoms. The van der Waals surface area contributed by atoms with E-state index >= 15 is 0 Å². The molecule has 0 aliphatic carbocycles. The van der Waals surface area contributed by atoms with Crippen LogP contribution in [0.25, 0.3) is 0 Å². The van der Waals surface area contributed by atoms with Crippen LogP contribution in [0.5, 0.6) is 11.5 Å². The number of methoxy groups -OCH3 is 2. The Hall–Kier alpha value is -2.20. The topological polar surface area (TPSA) is 38.8 Å². The molecule has 0 saturated carbocycles. The van der Waals surface area contributed by atoms with Crippen LogP contribution in [-0.4, -0.2) is 38.1 Å². The van der Waals surface area contributed by atoms with Crippen molar-refractivity contribution in [1.29, 1.82) is 0 Å². The van der Waals surface area contributed by atoms with Gasteiger partial charge in [-0.1, -0.05) is 48.0 Å². The number of carbonyl (C=O) groups excluding carboxylic acids is 1. The Bertz CT molecular complexity index is 763. The SMILES string of the molecule is COc1ccc(CC2CCN(CCc3ccccc3)C2=O)c(Cl)c1OC. The number of halogens is 1. The number of ether oxygens (including phenoxy) is 2. The fourth-order valence-electron chi connectivity index (χ4n) is 3.48. The van der Waals surface area contributed by atoms with Crippen LogP contribution in [0.15, 0.2) is 42.5 Å². The lowest BCUT2D eigenvalue weighted by Gasteiger charge is -2.18. The van der Waals surface area contributed by atoms with Gasteiger partial charge in [0.1, 0.15) is 0 Å². The van der Waals surface area contributed by atoms with Crippen molar-refractivity contribution in [2.45, 2.75) is 19.3 Å². The first kappa shape index (κ1) is 18.6. The zero-order chi connectivity index (χ0) is 18.5. The summed E-state index contributed by atoms with van der Waals surface area (Å²) >= 11 is 6.47. The molecule has 0 radical (unpaired) electrons. The molecule has 5 heteroatoms. The average Bonchev–Trinajstić information content (AvgIpc) is 3.02. The molecule has 1 heterocycles. The van der Waals surface area contributed by atoms with Crippen LogP contribution in [0.3, 0.4) is 0 Å². The second kappa shape index (κ2) is 8.45. The molecule has 1 aliphatic heterocycles. The van der Waals surface area contributed by atoms with Gasteiger partial charge in [-0.15, -0.1) is 0 Å². The van der Waals surface area contributed by atoms with Crippen LogP contribution in [0, 0.1) is 5.92 Å². The number of benzene rings is 2. The fraction of sp³-hybridized carbons (Fsp3) is 0.381. The van der Waals surface area contributed by atoms with Gasteiger partial charge in [0.2, 0.25) is 5.91 Å². The minimum absolute atomic E-state index is 0.0265. The standard InChI is InChI=1S/C21H24ClNO3/c1-25-18-9-8-16(19(22)20(18)26-2)14-17-11-13-23(21(17)24)12-10-15-6-4-3-5-7-15/h3-9,17H,10-14H2,1-2H3. The van der Waals surface area contributed by atoms with Crippen molar-refractivity contribution in [2.75, 3.05) is 27.3 Å². The predicted octanol–water partition coefficient (Wildman–Crippen LogP) is 3.99. The van der Waals surface area contributed by atoms with E-state index in [4.69, 9.17) is 21.1 Å². The number of nitrogens with zero attached hydrogens (tertiary/aromatic N) is 1. The maximum absolute atomic E-state index is 12.7. The van der Waals surface area contributed by atoms with E-state index in [1.165, 1.54) is 5.56 Å². The second-order valence-electron chi connectivity index (χ2n) is 6.52. The van der Waals surface area contributed by atoms with Gasteiger partial charge in [0.25, 0.3) is 0 Å². The number of likely N-dealkylation sites (tertiary alicyclic amines) is 1. The molecule has 26 heavy (non-hydrogen) atoms. The molecule has 0 N–H and O–H groups in total. The highest BCUT2D eigenvalue weighted by molar-refractivity contribution is 6.33. The molecule has 3 rings (SSSR count). The molecular formula is C21H24ClNO3. The highest BCUT2D eigenvalue weighted by Crippen LogP contribution is 2.39. The van der Waals surface area contributed by atoms with E-state index in [-0.39, 0.29) is 11.8 Å². The van der Waals surface area contributed by atoms with Crippen molar-refractivity contribution in [3.8, 4) is 11.5 Å². The van der Waals surface area contributed by atoms with Gasteiger partial charge in [-0.05, 0) is 36.5 Å². The molecule has 1 saturated heterocycles. The van der Waals surface area contributed by atoms with Crippen LogP contribution < -0.4 is 9.47 Å². The summed E-state index contributed by atoms with van der Waals surface area (Å²) in [4.78, 5) is 14.7. The Balaban J connectivity index is 1.64. The van der Waals surface area contributed by atoms with Crippen molar-refractivity contribution in [3.63, 3.8) is 0 Å². The molecule has 1 aliphatic rings. The van der Waals surface area contributed by atoms with Crippen LogP contribution >= 0.6 is 11.6 Å². The zero-order valence-electron chi connectivity index (χ0n) is 15.2. The molecular weight excluding hydrogens is 350 g/mol. The summed E-state index contributed by atoms with van der Waals surface area (Å²) in [6.07, 6.45) is 2.37. The van der Waals surface area contributed by atoms with Gasteiger partial charge in [0.05, 0.1) is 19.2 Å². The van der Waals surface area contributed by atoms with E-state index in [1.807, 2.05) is 35.2 Å². The number of hydrogen-bond donors (Lipinski definition) is 0. The Morgan fingerprint density at radius 2 is 1.88 bits per heavy atom. The van der Waals surface area contributed by atoms with Gasteiger partial charge in [-0.2, -0.15) is 0 Å². The molecule has 1 amide bonds. The number of amides is 1. The third-order valence-electron chi connectivity index (χ3n) is 4.95. The monoisotopic (exact) mass is 373 g/mol. The largest absolute Gasteiger partial charge is 0.493 e. The van der Waals surface area contributed by atoms with Crippen LogP contribution in [0.2, 0.25) is 5.02 Å². The Kier molecular flexibility index (Phi) is 6.04. The smallest absolute Gasteiger partial charge is 0.226 e. The Morgan fingerprint density at radius 1 is 1.12 bits per heavy atom. The van der Waals surface area contributed by atoms with Crippen molar-refractivity contribution < 1.29 is 14.3 Å². The zero-order valence-corrected chi connectivity index (χ0v) is 16.0. The number of hydrogen-bond acceptors (Lipinski definition) is 3. The lowest BCUT2D eigenvalue weighted by Crippen LogP contribution is -2.30. The normalized spacial score (nSPS) is 16.8. The van der Waals surface area contributed by atoms with Crippen LogP contribution in [0.4, 0.5) is 0 Å². The first-order valence-corrected chi connectivity index (χ1v) is 9.24. The molecule has 1 fully saturated rings. The molecule has 0 bridgehead atoms. The van der Waals surface area contributed by atoms with Crippen molar-refractivity contribution in [1.82, 2.24) is 4.90 Å². The molecule has 1 atom stereocenters. The summed E-state index contributed by atoms with van der Waals surface area (Å²) in [5, 5.41) is 0.530. The number of carbonyl (C=O) groups is 1. The second-order valence-corrected chi connectivity index (χ2v) is 6.90. The lowest BCUT2D eigenvalue weighted by atomic mass is 9.97. The third-order valence-corrected chi connectivity index (χ3v) is 5.37. The summed E-state index contributed by atoms with van der Waals surface area (Å²) < 4.78 is 10.6. The molecule has 1 unspecified atom stereocenters. The molecule has 4 nitrogen and oxygen atoms in total. The van der Waals surface area contributed by atoms with E-state index in [0.29, 0.717) is 22.9 Å². The minimum Gasteiger partial charge on any atom is -0.493 e. The van der Waals surface area contributed by atoms with Crippen LogP contribution in [0.1, 0.15) is 17.5 Å². The first-order valence-electron chi connectivity index (χ1n) is 8.86. The van der Waals surface area contributed by atoms with Crippen LogP contribution in [-0.2, 0) is 17.6 Å². The van der Waals surface area contributed by atoms with Gasteiger partial charge in [-0.3, -0.25) is 4.79 Å². The summed E-state index contributed by atoms with van der Waals surface area (Å²) in [6.45, 7) is 1.57. The highest BCUT2D eigenvalue weighted by Gasteiger charge is 2.32. The maximum atomic E-state index is 12.7. The van der Waals surface area contributed by atoms with Gasteiger partial charge in [0.15, 0.2) is 11.5 Å².